The number of nitrogens with one attached hydrogen (secondary N) is 1. The highest BCUT2D eigenvalue weighted by Gasteiger charge is 2.13. The molecule has 0 bridgehead atoms. The number of rotatable bonds is 5. The normalized spacial score (nSPS) is 16.8. The Kier molecular flexibility index (Phi) is 5.00. The Hall–Kier alpha value is -1.32. The first-order valence-corrected chi connectivity index (χ1v) is 7.53. The number of nitrogens with zero attached hydrogens (tertiary/aromatic N) is 2. The van der Waals surface area contributed by atoms with Crippen LogP contribution in [-0.2, 0) is 0 Å². The Morgan fingerprint density at radius 3 is 2.68 bits per heavy atom. The molecule has 1 aromatic rings. The molecule has 0 spiro atoms. The molecule has 3 N–H and O–H groups in total. The Balaban J connectivity index is 1.84. The fourth-order valence-electron chi connectivity index (χ4n) is 2.71. The van der Waals surface area contributed by atoms with Gasteiger partial charge in [-0.1, -0.05) is 46.0 Å². The highest BCUT2D eigenvalue weighted by molar-refractivity contribution is 5.44. The molecule has 1 aliphatic rings. The lowest BCUT2D eigenvalue weighted by molar-refractivity contribution is 0.345. The van der Waals surface area contributed by atoms with E-state index in [0.717, 1.165) is 24.1 Å². The van der Waals surface area contributed by atoms with Gasteiger partial charge in [-0.3, -0.25) is 0 Å². The van der Waals surface area contributed by atoms with Gasteiger partial charge in [0.25, 0.3) is 0 Å². The van der Waals surface area contributed by atoms with Crippen molar-refractivity contribution in [1.29, 1.82) is 0 Å². The van der Waals surface area contributed by atoms with Gasteiger partial charge in [0.1, 0.15) is 17.5 Å². The zero-order valence-corrected chi connectivity index (χ0v) is 12.2. The summed E-state index contributed by atoms with van der Waals surface area (Å²) in [5.41, 5.74) is 5.82. The van der Waals surface area contributed by atoms with Crippen molar-refractivity contribution in [1.82, 2.24) is 9.97 Å². The molecular formula is C15H26N4. The molecular weight excluding hydrogens is 236 g/mol. The Labute approximate surface area is 116 Å². The van der Waals surface area contributed by atoms with Crippen molar-refractivity contribution in [2.75, 3.05) is 17.6 Å². The molecule has 0 atom stereocenters. The van der Waals surface area contributed by atoms with Crippen LogP contribution in [0.15, 0.2) is 6.07 Å². The summed E-state index contributed by atoms with van der Waals surface area (Å²) in [7, 11) is 0. The number of anilines is 2. The summed E-state index contributed by atoms with van der Waals surface area (Å²) >= 11 is 0. The first-order chi connectivity index (χ1) is 9.15. The average Bonchev–Trinajstić information content (AvgIpc) is 2.39. The van der Waals surface area contributed by atoms with Gasteiger partial charge in [-0.15, -0.1) is 0 Å². The molecule has 0 unspecified atom stereocenters. The fraction of sp³-hybridized carbons (Fsp3) is 0.733. The summed E-state index contributed by atoms with van der Waals surface area (Å²) in [5, 5.41) is 3.40. The first-order valence-electron chi connectivity index (χ1n) is 7.53. The molecule has 4 heteroatoms. The maximum Gasteiger partial charge on any atom is 0.135 e. The van der Waals surface area contributed by atoms with Gasteiger partial charge < -0.3 is 11.1 Å². The van der Waals surface area contributed by atoms with Crippen LogP contribution in [0.25, 0.3) is 0 Å². The van der Waals surface area contributed by atoms with Crippen molar-refractivity contribution in [2.45, 2.75) is 58.3 Å². The third-order valence-corrected chi connectivity index (χ3v) is 3.86. The van der Waals surface area contributed by atoms with Gasteiger partial charge in [-0.2, -0.15) is 0 Å². The molecule has 1 heterocycles. The standard InChI is InChI=1S/C15H26N4/c1-11(2)15-18-13(16)10-14(19-15)17-9-8-12-6-4-3-5-7-12/h10-12H,3-9H2,1-2H3,(H3,16,17,18,19). The van der Waals surface area contributed by atoms with Crippen LogP contribution in [0.1, 0.15) is 64.1 Å². The van der Waals surface area contributed by atoms with E-state index in [4.69, 9.17) is 5.73 Å². The van der Waals surface area contributed by atoms with E-state index < -0.39 is 0 Å². The minimum atomic E-state index is 0.308. The number of nitrogens with two attached hydrogens (primary N) is 1. The lowest BCUT2D eigenvalue weighted by Gasteiger charge is -2.21. The number of nitrogen functional groups attached to an aromatic ring is 1. The molecule has 1 aromatic heterocycles. The molecule has 1 aliphatic carbocycles. The quantitative estimate of drug-likeness (QED) is 0.851. The molecule has 0 amide bonds. The maximum atomic E-state index is 5.82. The summed E-state index contributed by atoms with van der Waals surface area (Å²) in [4.78, 5) is 8.77. The largest absolute Gasteiger partial charge is 0.384 e. The van der Waals surface area contributed by atoms with Crippen LogP contribution in [0.3, 0.4) is 0 Å². The third-order valence-electron chi connectivity index (χ3n) is 3.86. The zero-order valence-electron chi connectivity index (χ0n) is 12.2. The summed E-state index contributed by atoms with van der Waals surface area (Å²) in [6.07, 6.45) is 8.26. The summed E-state index contributed by atoms with van der Waals surface area (Å²) < 4.78 is 0. The second-order valence-electron chi connectivity index (χ2n) is 5.91. The molecule has 1 saturated carbocycles. The van der Waals surface area contributed by atoms with Gasteiger partial charge in [-0.25, -0.2) is 9.97 Å². The van der Waals surface area contributed by atoms with Gasteiger partial charge in [-0.05, 0) is 12.3 Å². The van der Waals surface area contributed by atoms with Crippen LogP contribution >= 0.6 is 0 Å². The lowest BCUT2D eigenvalue weighted by Crippen LogP contribution is -2.13. The fourth-order valence-corrected chi connectivity index (χ4v) is 2.71. The smallest absolute Gasteiger partial charge is 0.135 e. The summed E-state index contributed by atoms with van der Waals surface area (Å²) in [6, 6.07) is 1.83. The van der Waals surface area contributed by atoms with Crippen LogP contribution in [0.4, 0.5) is 11.6 Å². The topological polar surface area (TPSA) is 63.8 Å². The van der Waals surface area contributed by atoms with Gasteiger partial charge >= 0.3 is 0 Å². The van der Waals surface area contributed by atoms with Crippen LogP contribution in [0.2, 0.25) is 0 Å². The molecule has 4 nitrogen and oxygen atoms in total. The summed E-state index contributed by atoms with van der Waals surface area (Å²) in [5.74, 6) is 3.44. The van der Waals surface area contributed by atoms with E-state index in [9.17, 15) is 0 Å². The van der Waals surface area contributed by atoms with E-state index in [0.29, 0.717) is 11.7 Å². The minimum Gasteiger partial charge on any atom is -0.384 e. The van der Waals surface area contributed by atoms with Gasteiger partial charge in [0, 0.05) is 18.5 Å². The van der Waals surface area contributed by atoms with E-state index in [1.165, 1.54) is 38.5 Å². The second-order valence-corrected chi connectivity index (χ2v) is 5.91. The predicted octanol–water partition coefficient (Wildman–Crippen LogP) is 3.56. The van der Waals surface area contributed by atoms with Crippen LogP contribution < -0.4 is 11.1 Å². The molecule has 0 aromatic carbocycles. The third kappa shape index (κ3) is 4.37. The number of hydrogen-bond donors (Lipinski definition) is 2. The number of hydrogen-bond acceptors (Lipinski definition) is 4. The highest BCUT2D eigenvalue weighted by Crippen LogP contribution is 2.26. The van der Waals surface area contributed by atoms with Crippen molar-refractivity contribution in [3.63, 3.8) is 0 Å². The zero-order chi connectivity index (χ0) is 13.7. The van der Waals surface area contributed by atoms with Gasteiger partial charge in [0.15, 0.2) is 0 Å². The van der Waals surface area contributed by atoms with Crippen LogP contribution in [0, 0.1) is 5.92 Å². The van der Waals surface area contributed by atoms with Crippen molar-refractivity contribution >= 4 is 11.6 Å². The van der Waals surface area contributed by atoms with Crippen LogP contribution in [0.5, 0.6) is 0 Å². The Morgan fingerprint density at radius 2 is 2.00 bits per heavy atom. The lowest BCUT2D eigenvalue weighted by atomic mass is 9.87. The molecule has 19 heavy (non-hydrogen) atoms. The molecule has 2 rings (SSSR count). The first kappa shape index (κ1) is 14.1. The van der Waals surface area contributed by atoms with Crippen molar-refractivity contribution < 1.29 is 0 Å². The van der Waals surface area contributed by atoms with Crippen molar-refractivity contribution in [3.8, 4) is 0 Å². The highest BCUT2D eigenvalue weighted by atomic mass is 15.0. The van der Waals surface area contributed by atoms with E-state index in [1.807, 2.05) is 6.07 Å². The second kappa shape index (κ2) is 6.73. The molecule has 0 aliphatic heterocycles. The Morgan fingerprint density at radius 1 is 1.26 bits per heavy atom. The van der Waals surface area contributed by atoms with E-state index in [2.05, 4.69) is 29.1 Å². The monoisotopic (exact) mass is 262 g/mol. The SMILES string of the molecule is CC(C)c1nc(N)cc(NCCC2CCCCC2)n1. The molecule has 0 radical (unpaired) electrons. The maximum absolute atomic E-state index is 5.82. The van der Waals surface area contributed by atoms with Crippen LogP contribution in [-0.4, -0.2) is 16.5 Å². The molecule has 106 valence electrons. The Bertz CT molecular complexity index is 397. The van der Waals surface area contributed by atoms with Gasteiger partial charge in [0.2, 0.25) is 0 Å². The minimum absolute atomic E-state index is 0.308. The summed E-state index contributed by atoms with van der Waals surface area (Å²) in [6.45, 7) is 5.15. The number of aromatic nitrogens is 2. The van der Waals surface area contributed by atoms with Crippen molar-refractivity contribution in [3.05, 3.63) is 11.9 Å². The molecule has 0 saturated heterocycles. The van der Waals surface area contributed by atoms with Gasteiger partial charge in [0.05, 0.1) is 0 Å². The van der Waals surface area contributed by atoms with E-state index >= 15 is 0 Å². The van der Waals surface area contributed by atoms with Crippen molar-refractivity contribution in [2.24, 2.45) is 5.92 Å². The molecule has 1 fully saturated rings. The average molecular weight is 262 g/mol. The predicted molar refractivity (Wildman–Crippen MR) is 80.2 cm³/mol. The van der Waals surface area contributed by atoms with E-state index in [-0.39, 0.29) is 0 Å². The van der Waals surface area contributed by atoms with E-state index in [1.54, 1.807) is 0 Å².